The zero-order valence-electron chi connectivity index (χ0n) is 11.7. The van der Waals surface area contributed by atoms with E-state index in [0.717, 1.165) is 11.8 Å². The molecule has 0 spiro atoms. The lowest BCUT2D eigenvalue weighted by molar-refractivity contribution is -0.117. The number of aromatic nitrogens is 2. The molecule has 1 atom stereocenters. The van der Waals surface area contributed by atoms with E-state index in [4.69, 9.17) is 4.42 Å². The van der Waals surface area contributed by atoms with Gasteiger partial charge in [-0.05, 0) is 24.3 Å². The maximum atomic E-state index is 12.0. The fraction of sp³-hybridized carbons (Fsp3) is 0.286. The van der Waals surface area contributed by atoms with Gasteiger partial charge in [0.15, 0.2) is 5.12 Å². The molecule has 3 rings (SSSR count). The van der Waals surface area contributed by atoms with Crippen molar-refractivity contribution in [2.75, 3.05) is 11.4 Å². The molecule has 1 N–H and O–H groups in total. The van der Waals surface area contributed by atoms with Gasteiger partial charge in [-0.25, -0.2) is 0 Å². The van der Waals surface area contributed by atoms with Crippen LogP contribution in [0.25, 0.3) is 11.5 Å². The number of rotatable bonds is 3. The molecular weight excluding hydrogens is 306 g/mol. The van der Waals surface area contributed by atoms with Gasteiger partial charge in [0.1, 0.15) is 5.75 Å². The molecule has 0 saturated carbocycles. The van der Waals surface area contributed by atoms with Gasteiger partial charge in [0.25, 0.3) is 0 Å². The molecule has 1 aromatic heterocycles. The van der Waals surface area contributed by atoms with Crippen LogP contribution in [-0.4, -0.2) is 38.1 Å². The summed E-state index contributed by atoms with van der Waals surface area (Å²) in [4.78, 5) is 24.5. The van der Waals surface area contributed by atoms with E-state index in [0.29, 0.717) is 12.1 Å². The van der Waals surface area contributed by atoms with Crippen LogP contribution in [0.15, 0.2) is 28.7 Å². The van der Waals surface area contributed by atoms with Crippen LogP contribution in [0.4, 0.5) is 6.01 Å². The molecule has 1 amide bonds. The molecule has 1 saturated heterocycles. The van der Waals surface area contributed by atoms with Crippen molar-refractivity contribution >= 4 is 28.8 Å². The van der Waals surface area contributed by atoms with Gasteiger partial charge < -0.3 is 9.52 Å². The minimum atomic E-state index is -0.139. The number of hydrogen-bond donors (Lipinski definition) is 1. The van der Waals surface area contributed by atoms with E-state index in [9.17, 15) is 14.7 Å². The summed E-state index contributed by atoms with van der Waals surface area (Å²) in [5.74, 6) is 0.271. The zero-order chi connectivity index (χ0) is 15.7. The first-order valence-corrected chi connectivity index (χ1v) is 7.51. The van der Waals surface area contributed by atoms with Crippen LogP contribution in [0.2, 0.25) is 0 Å². The smallest absolute Gasteiger partial charge is 0.325 e. The first kappa shape index (κ1) is 14.6. The zero-order valence-corrected chi connectivity index (χ0v) is 12.5. The number of phenolic OH excluding ortho intramolecular Hbond substituents is 1. The summed E-state index contributed by atoms with van der Waals surface area (Å²) < 4.78 is 5.52. The lowest BCUT2D eigenvalue weighted by Gasteiger charge is -2.09. The number of carbonyl (C=O) groups excluding carboxylic acids is 2. The second kappa shape index (κ2) is 5.80. The molecule has 1 aliphatic rings. The molecule has 1 fully saturated rings. The molecule has 8 heteroatoms. The van der Waals surface area contributed by atoms with Crippen LogP contribution in [0.5, 0.6) is 5.75 Å². The average molecular weight is 319 g/mol. The molecule has 22 heavy (non-hydrogen) atoms. The first-order valence-electron chi connectivity index (χ1n) is 6.63. The number of aromatic hydroxyl groups is 1. The van der Waals surface area contributed by atoms with E-state index in [1.165, 1.54) is 24.0 Å². The van der Waals surface area contributed by atoms with E-state index in [2.05, 4.69) is 10.2 Å². The Kier molecular flexibility index (Phi) is 3.84. The second-order valence-corrected chi connectivity index (χ2v) is 6.35. The van der Waals surface area contributed by atoms with E-state index >= 15 is 0 Å². The van der Waals surface area contributed by atoms with E-state index in [1.807, 2.05) is 0 Å². The standard InChI is InChI=1S/C14H13N3O4S/c1-8(18)22-11-6-12(20)17(7-11)14-16-15-13(21-14)9-2-4-10(19)5-3-9/h2-5,11,19H,6-7H2,1H3. The highest BCUT2D eigenvalue weighted by atomic mass is 32.2. The largest absolute Gasteiger partial charge is 0.508 e. The molecule has 0 radical (unpaired) electrons. The molecule has 2 heterocycles. The molecule has 0 aliphatic carbocycles. The van der Waals surface area contributed by atoms with Gasteiger partial charge >= 0.3 is 6.01 Å². The normalized spacial score (nSPS) is 18.0. The topological polar surface area (TPSA) is 96.5 Å². The van der Waals surface area contributed by atoms with Crippen LogP contribution in [0.1, 0.15) is 13.3 Å². The maximum Gasteiger partial charge on any atom is 0.325 e. The predicted molar refractivity (Wildman–Crippen MR) is 80.4 cm³/mol. The highest BCUT2D eigenvalue weighted by Crippen LogP contribution is 2.30. The van der Waals surface area contributed by atoms with Crippen molar-refractivity contribution in [3.63, 3.8) is 0 Å². The fourth-order valence-corrected chi connectivity index (χ4v) is 3.14. The molecule has 1 aliphatic heterocycles. The van der Waals surface area contributed by atoms with Crippen LogP contribution < -0.4 is 4.90 Å². The van der Waals surface area contributed by atoms with Crippen LogP contribution in [0, 0.1) is 0 Å². The van der Waals surface area contributed by atoms with Crippen molar-refractivity contribution in [2.45, 2.75) is 18.6 Å². The third-order valence-corrected chi connectivity index (χ3v) is 4.16. The van der Waals surface area contributed by atoms with Crippen molar-refractivity contribution in [1.82, 2.24) is 10.2 Å². The van der Waals surface area contributed by atoms with Crippen molar-refractivity contribution in [3.05, 3.63) is 24.3 Å². The summed E-state index contributed by atoms with van der Waals surface area (Å²) in [5.41, 5.74) is 0.651. The Bertz CT molecular complexity index is 713. The minimum Gasteiger partial charge on any atom is -0.508 e. The summed E-state index contributed by atoms with van der Waals surface area (Å²) in [6, 6.07) is 6.44. The number of carbonyl (C=O) groups is 2. The summed E-state index contributed by atoms with van der Waals surface area (Å²) in [6.45, 7) is 1.85. The van der Waals surface area contributed by atoms with E-state index in [-0.39, 0.29) is 40.3 Å². The second-order valence-electron chi connectivity index (χ2n) is 4.88. The van der Waals surface area contributed by atoms with Crippen LogP contribution in [-0.2, 0) is 9.59 Å². The highest BCUT2D eigenvalue weighted by Gasteiger charge is 2.34. The minimum absolute atomic E-state index is 0.0186. The Morgan fingerprint density at radius 3 is 2.77 bits per heavy atom. The quantitative estimate of drug-likeness (QED) is 0.921. The van der Waals surface area contributed by atoms with Crippen molar-refractivity contribution in [3.8, 4) is 17.2 Å². The molecular formula is C14H13N3O4S. The van der Waals surface area contributed by atoms with Crippen LogP contribution in [0.3, 0.4) is 0 Å². The van der Waals surface area contributed by atoms with Gasteiger partial charge in [-0.1, -0.05) is 16.9 Å². The van der Waals surface area contributed by atoms with Gasteiger partial charge in [0.05, 0.1) is 0 Å². The average Bonchev–Trinajstić information content (AvgIpc) is 3.06. The van der Waals surface area contributed by atoms with Crippen molar-refractivity contribution in [1.29, 1.82) is 0 Å². The molecule has 2 aromatic rings. The summed E-state index contributed by atoms with van der Waals surface area (Å²) in [7, 11) is 0. The highest BCUT2D eigenvalue weighted by molar-refractivity contribution is 8.14. The lowest BCUT2D eigenvalue weighted by atomic mass is 10.2. The summed E-state index contributed by atoms with van der Waals surface area (Å²) >= 11 is 1.15. The number of amides is 1. The Morgan fingerprint density at radius 1 is 1.36 bits per heavy atom. The van der Waals surface area contributed by atoms with Gasteiger partial charge in [-0.2, -0.15) is 0 Å². The Labute approximate surface area is 130 Å². The monoisotopic (exact) mass is 319 g/mol. The number of anilines is 1. The molecule has 114 valence electrons. The first-order chi connectivity index (χ1) is 10.5. The Balaban J connectivity index is 1.77. The maximum absolute atomic E-state index is 12.0. The third-order valence-electron chi connectivity index (χ3n) is 3.18. The number of thioether (sulfide) groups is 1. The number of phenols is 1. The predicted octanol–water partition coefficient (Wildman–Crippen LogP) is 1.83. The van der Waals surface area contributed by atoms with Gasteiger partial charge in [0, 0.05) is 30.7 Å². The lowest BCUT2D eigenvalue weighted by Crippen LogP contribution is -2.25. The van der Waals surface area contributed by atoms with E-state index in [1.54, 1.807) is 12.1 Å². The van der Waals surface area contributed by atoms with Gasteiger partial charge in [-0.3, -0.25) is 14.5 Å². The molecule has 0 bridgehead atoms. The summed E-state index contributed by atoms with van der Waals surface area (Å²) in [6.07, 6.45) is 0.279. The molecule has 1 unspecified atom stereocenters. The van der Waals surface area contributed by atoms with E-state index < -0.39 is 0 Å². The third kappa shape index (κ3) is 2.96. The molecule has 1 aromatic carbocycles. The van der Waals surface area contributed by atoms with Crippen molar-refractivity contribution < 1.29 is 19.1 Å². The number of hydrogen-bond acceptors (Lipinski definition) is 7. The number of benzene rings is 1. The Hall–Kier alpha value is -2.35. The van der Waals surface area contributed by atoms with Crippen molar-refractivity contribution in [2.24, 2.45) is 0 Å². The van der Waals surface area contributed by atoms with Gasteiger partial charge in [-0.15, -0.1) is 5.10 Å². The summed E-state index contributed by atoms with van der Waals surface area (Å²) in [5, 5.41) is 17.0. The fourth-order valence-electron chi connectivity index (χ4n) is 2.22. The SMILES string of the molecule is CC(=O)SC1CC(=O)N(c2nnc(-c3ccc(O)cc3)o2)C1. The van der Waals surface area contributed by atoms with Gasteiger partial charge in [0.2, 0.25) is 11.8 Å². The van der Waals surface area contributed by atoms with Crippen LogP contribution >= 0.6 is 11.8 Å². The molecule has 7 nitrogen and oxygen atoms in total. The number of nitrogens with zero attached hydrogens (tertiary/aromatic N) is 3. The Morgan fingerprint density at radius 2 is 2.09 bits per heavy atom.